The van der Waals surface area contributed by atoms with E-state index < -0.39 is 5.54 Å². The highest BCUT2D eigenvalue weighted by atomic mass is 19.1. The molecule has 4 rings (SSSR count). The number of hydrogen-bond acceptors (Lipinski definition) is 2. The zero-order chi connectivity index (χ0) is 18.3. The Morgan fingerprint density at radius 2 is 1.96 bits per heavy atom. The van der Waals surface area contributed by atoms with Crippen LogP contribution in [0.15, 0.2) is 24.3 Å². The van der Waals surface area contributed by atoms with Gasteiger partial charge in [-0.15, -0.1) is 0 Å². The van der Waals surface area contributed by atoms with E-state index in [1.807, 2.05) is 9.80 Å². The average molecular weight is 358 g/mol. The van der Waals surface area contributed by atoms with E-state index in [4.69, 9.17) is 0 Å². The summed E-state index contributed by atoms with van der Waals surface area (Å²) in [7, 11) is 0. The molecule has 4 nitrogen and oxygen atoms in total. The quantitative estimate of drug-likeness (QED) is 0.830. The molecule has 2 amide bonds. The van der Waals surface area contributed by atoms with Gasteiger partial charge >= 0.3 is 0 Å². The first-order chi connectivity index (χ1) is 12.5. The monoisotopic (exact) mass is 358 g/mol. The molecule has 0 N–H and O–H groups in total. The van der Waals surface area contributed by atoms with Crippen LogP contribution < -0.4 is 0 Å². The van der Waals surface area contributed by atoms with E-state index in [-0.39, 0.29) is 36.1 Å². The maximum Gasteiger partial charge on any atom is 0.226 e. The lowest BCUT2D eigenvalue weighted by molar-refractivity contribution is -0.149. The lowest BCUT2D eigenvalue weighted by Gasteiger charge is -2.48. The normalized spacial score (nSPS) is 29.3. The summed E-state index contributed by atoms with van der Waals surface area (Å²) in [5, 5.41) is 0. The Hall–Kier alpha value is -1.91. The third-order valence-corrected chi connectivity index (χ3v) is 6.78. The molecule has 2 saturated heterocycles. The molecule has 1 saturated carbocycles. The molecule has 0 bridgehead atoms. The maximum atomic E-state index is 14.1. The third kappa shape index (κ3) is 2.81. The minimum absolute atomic E-state index is 0.0556. The zero-order valence-corrected chi connectivity index (χ0v) is 15.4. The summed E-state index contributed by atoms with van der Waals surface area (Å²) in [4.78, 5) is 29.6. The lowest BCUT2D eigenvalue weighted by atomic mass is 9.82. The third-order valence-electron chi connectivity index (χ3n) is 6.78. The fraction of sp³-hybridized carbons (Fsp3) is 0.619. The number of rotatable bonds is 3. The molecule has 1 aromatic carbocycles. The SMILES string of the molecule is C[C@]12CCN(C(=O)C3CCCC3)[C@H]1CCC(=O)N2Cc1ccccc1F. The van der Waals surface area contributed by atoms with Gasteiger partial charge in [0, 0.05) is 31.0 Å². The number of amides is 2. The second kappa shape index (κ2) is 6.67. The maximum absolute atomic E-state index is 14.1. The number of piperidine rings is 1. The summed E-state index contributed by atoms with van der Waals surface area (Å²) in [6.45, 7) is 3.07. The van der Waals surface area contributed by atoms with Gasteiger partial charge in [0.15, 0.2) is 0 Å². The first-order valence-electron chi connectivity index (χ1n) is 9.85. The number of benzene rings is 1. The standard InChI is InChI=1S/C21H27FN2O2/c1-21-12-13-23(20(26)15-6-2-3-7-15)18(21)10-11-19(25)24(21)14-16-8-4-5-9-17(16)22/h4-5,8-9,15,18H,2-3,6-7,10-14H2,1H3/t18-,21-/m0/s1. The Kier molecular flexibility index (Phi) is 4.49. The molecule has 3 fully saturated rings. The van der Waals surface area contributed by atoms with Crippen LogP contribution in [0.1, 0.15) is 57.4 Å². The highest BCUT2D eigenvalue weighted by molar-refractivity contribution is 5.82. The van der Waals surface area contributed by atoms with Gasteiger partial charge in [-0.25, -0.2) is 4.39 Å². The van der Waals surface area contributed by atoms with Crippen LogP contribution in [0.25, 0.3) is 0 Å². The molecule has 26 heavy (non-hydrogen) atoms. The number of nitrogens with zero attached hydrogens (tertiary/aromatic N) is 2. The molecular formula is C21H27FN2O2. The van der Waals surface area contributed by atoms with Crippen molar-refractivity contribution in [1.29, 1.82) is 0 Å². The minimum atomic E-state index is -0.397. The van der Waals surface area contributed by atoms with Gasteiger partial charge in [-0.05, 0) is 38.7 Å². The molecule has 0 spiro atoms. The second-order valence-electron chi connectivity index (χ2n) is 8.25. The number of halogens is 1. The first-order valence-corrected chi connectivity index (χ1v) is 9.85. The number of carbonyl (C=O) groups is 2. The van der Waals surface area contributed by atoms with Crippen LogP contribution in [0.4, 0.5) is 4.39 Å². The summed E-state index contributed by atoms with van der Waals surface area (Å²) in [6.07, 6.45) is 6.21. The predicted molar refractivity (Wildman–Crippen MR) is 96.7 cm³/mol. The topological polar surface area (TPSA) is 40.6 Å². The molecule has 2 heterocycles. The molecule has 0 radical (unpaired) electrons. The van der Waals surface area contributed by atoms with Crippen molar-refractivity contribution >= 4 is 11.8 Å². The van der Waals surface area contributed by atoms with Crippen molar-refractivity contribution in [2.24, 2.45) is 5.92 Å². The van der Waals surface area contributed by atoms with E-state index in [0.717, 1.165) is 38.5 Å². The van der Waals surface area contributed by atoms with Gasteiger partial charge < -0.3 is 9.80 Å². The summed E-state index contributed by atoms with van der Waals surface area (Å²) >= 11 is 0. The summed E-state index contributed by atoms with van der Waals surface area (Å²) < 4.78 is 14.1. The fourth-order valence-corrected chi connectivity index (χ4v) is 5.20. The Bertz CT molecular complexity index is 716. The number of likely N-dealkylation sites (tertiary alicyclic amines) is 2. The number of fused-ring (bicyclic) bond motifs is 1. The smallest absolute Gasteiger partial charge is 0.226 e. The number of carbonyl (C=O) groups excluding carboxylic acids is 2. The molecule has 140 valence electrons. The molecule has 0 unspecified atom stereocenters. The fourth-order valence-electron chi connectivity index (χ4n) is 5.20. The van der Waals surface area contributed by atoms with Crippen LogP contribution in [-0.4, -0.2) is 39.7 Å². The van der Waals surface area contributed by atoms with Crippen molar-refractivity contribution in [3.05, 3.63) is 35.6 Å². The summed E-state index contributed by atoms with van der Waals surface area (Å²) in [5.41, 5.74) is 0.148. The van der Waals surface area contributed by atoms with Gasteiger partial charge in [-0.1, -0.05) is 31.0 Å². The molecule has 1 aromatic rings. The van der Waals surface area contributed by atoms with E-state index in [0.29, 0.717) is 18.5 Å². The molecule has 5 heteroatoms. The van der Waals surface area contributed by atoms with Gasteiger partial charge in [0.25, 0.3) is 0 Å². The van der Waals surface area contributed by atoms with Crippen molar-refractivity contribution in [2.45, 2.75) is 70.0 Å². The van der Waals surface area contributed by atoms with E-state index in [1.165, 1.54) is 6.07 Å². The Balaban J connectivity index is 1.58. The lowest BCUT2D eigenvalue weighted by Crippen LogP contribution is -2.61. The van der Waals surface area contributed by atoms with Crippen LogP contribution in [-0.2, 0) is 16.1 Å². The van der Waals surface area contributed by atoms with E-state index in [1.54, 1.807) is 18.2 Å². The van der Waals surface area contributed by atoms with Crippen LogP contribution in [0, 0.1) is 11.7 Å². The molecule has 3 aliphatic rings. The van der Waals surface area contributed by atoms with Crippen LogP contribution in [0.3, 0.4) is 0 Å². The Labute approximate surface area is 154 Å². The largest absolute Gasteiger partial charge is 0.337 e. The van der Waals surface area contributed by atoms with Gasteiger partial charge in [0.1, 0.15) is 5.82 Å². The van der Waals surface area contributed by atoms with Gasteiger partial charge in [-0.2, -0.15) is 0 Å². The molecule has 1 aliphatic carbocycles. The van der Waals surface area contributed by atoms with E-state index in [2.05, 4.69) is 6.92 Å². The van der Waals surface area contributed by atoms with Crippen molar-refractivity contribution in [3.63, 3.8) is 0 Å². The van der Waals surface area contributed by atoms with Crippen molar-refractivity contribution < 1.29 is 14.0 Å². The molecule has 2 atom stereocenters. The van der Waals surface area contributed by atoms with Crippen molar-refractivity contribution in [2.75, 3.05) is 6.54 Å². The second-order valence-corrected chi connectivity index (χ2v) is 8.25. The highest BCUT2D eigenvalue weighted by Gasteiger charge is 2.54. The first kappa shape index (κ1) is 17.5. The predicted octanol–water partition coefficient (Wildman–Crippen LogP) is 3.50. The summed E-state index contributed by atoms with van der Waals surface area (Å²) in [5.74, 6) is 0.233. The van der Waals surface area contributed by atoms with Gasteiger partial charge in [0.05, 0.1) is 11.6 Å². The minimum Gasteiger partial charge on any atom is -0.337 e. The Morgan fingerprint density at radius 3 is 2.69 bits per heavy atom. The van der Waals surface area contributed by atoms with E-state index in [9.17, 15) is 14.0 Å². The molecular weight excluding hydrogens is 331 g/mol. The highest BCUT2D eigenvalue weighted by Crippen LogP contribution is 2.43. The van der Waals surface area contributed by atoms with Gasteiger partial charge in [-0.3, -0.25) is 9.59 Å². The van der Waals surface area contributed by atoms with Crippen LogP contribution >= 0.6 is 0 Å². The summed E-state index contributed by atoms with van der Waals surface area (Å²) in [6, 6.07) is 6.70. The molecule has 2 aliphatic heterocycles. The van der Waals surface area contributed by atoms with Gasteiger partial charge in [0.2, 0.25) is 11.8 Å². The number of hydrogen-bond donors (Lipinski definition) is 0. The van der Waals surface area contributed by atoms with Crippen LogP contribution in [0.2, 0.25) is 0 Å². The van der Waals surface area contributed by atoms with Crippen LogP contribution in [0.5, 0.6) is 0 Å². The molecule has 0 aromatic heterocycles. The van der Waals surface area contributed by atoms with E-state index >= 15 is 0 Å². The van der Waals surface area contributed by atoms with Crippen molar-refractivity contribution in [1.82, 2.24) is 9.80 Å². The zero-order valence-electron chi connectivity index (χ0n) is 15.4. The Morgan fingerprint density at radius 1 is 1.23 bits per heavy atom. The average Bonchev–Trinajstić information content (AvgIpc) is 3.27. The van der Waals surface area contributed by atoms with Crippen molar-refractivity contribution in [3.8, 4) is 0 Å².